The predicted octanol–water partition coefficient (Wildman–Crippen LogP) is 0.420. The fraction of sp³-hybridized carbons (Fsp3) is 0.250. The minimum atomic E-state index is -0.808. The Balaban J connectivity index is 3.56. The summed E-state index contributed by atoms with van der Waals surface area (Å²) in [4.78, 5) is 19.8. The summed E-state index contributed by atoms with van der Waals surface area (Å²) in [6, 6.07) is 2.45. The van der Waals surface area contributed by atoms with Gasteiger partial charge in [-0.1, -0.05) is 6.07 Å². The Hall–Kier alpha value is -2.06. The van der Waals surface area contributed by atoms with E-state index < -0.39 is 21.2 Å². The summed E-state index contributed by atoms with van der Waals surface area (Å²) in [6.07, 6.45) is 0. The summed E-state index contributed by atoms with van der Waals surface area (Å²) < 4.78 is 0. The number of benzene rings is 1. The summed E-state index contributed by atoms with van der Waals surface area (Å²) in [5.41, 5.74) is 10.1. The van der Waals surface area contributed by atoms with Crippen molar-refractivity contribution in [1.82, 2.24) is 0 Å². The minimum Gasteiger partial charge on any atom is -0.326 e. The molecule has 0 aliphatic carbocycles. The first-order chi connectivity index (χ1) is 7.52. The molecule has 0 atom stereocenters. The number of rotatable bonds is 4. The average molecular weight is 226 g/mol. The van der Waals surface area contributed by atoms with E-state index in [9.17, 15) is 20.2 Å². The van der Waals surface area contributed by atoms with Gasteiger partial charge in [-0.2, -0.15) is 0 Å². The lowest BCUT2D eigenvalue weighted by Crippen LogP contribution is -2.10. The van der Waals surface area contributed by atoms with Gasteiger partial charge in [0.1, 0.15) is 0 Å². The van der Waals surface area contributed by atoms with Crippen molar-refractivity contribution in [1.29, 1.82) is 0 Å². The number of nitro benzene ring substituents is 2. The lowest BCUT2D eigenvalue weighted by Gasteiger charge is -2.06. The van der Waals surface area contributed by atoms with Crippen LogP contribution in [0.25, 0.3) is 0 Å². The van der Waals surface area contributed by atoms with Gasteiger partial charge in [0, 0.05) is 19.2 Å². The van der Waals surface area contributed by atoms with E-state index in [1.807, 2.05) is 0 Å². The molecule has 0 amide bonds. The van der Waals surface area contributed by atoms with Gasteiger partial charge in [0.05, 0.1) is 15.4 Å². The van der Waals surface area contributed by atoms with Gasteiger partial charge in [0.15, 0.2) is 0 Å². The normalized spacial score (nSPS) is 10.1. The van der Waals surface area contributed by atoms with Gasteiger partial charge in [-0.3, -0.25) is 20.2 Å². The SMILES string of the molecule is NCc1ccc([N+](=O)[O-])c([N+](=O)[O-])c1CN. The molecule has 16 heavy (non-hydrogen) atoms. The molecule has 1 aromatic rings. The van der Waals surface area contributed by atoms with Gasteiger partial charge in [0.25, 0.3) is 0 Å². The molecule has 0 spiro atoms. The Labute approximate surface area is 90.1 Å². The van der Waals surface area contributed by atoms with Crippen molar-refractivity contribution in [3.63, 3.8) is 0 Å². The van der Waals surface area contributed by atoms with E-state index in [0.717, 1.165) is 6.07 Å². The van der Waals surface area contributed by atoms with Crippen molar-refractivity contribution < 1.29 is 9.85 Å². The highest BCUT2D eigenvalue weighted by molar-refractivity contribution is 5.60. The predicted molar refractivity (Wildman–Crippen MR) is 55.5 cm³/mol. The average Bonchev–Trinajstić information content (AvgIpc) is 2.26. The summed E-state index contributed by atoms with van der Waals surface area (Å²) >= 11 is 0. The molecule has 0 bridgehead atoms. The number of nitrogens with zero attached hydrogens (tertiary/aromatic N) is 2. The molecule has 0 saturated heterocycles. The van der Waals surface area contributed by atoms with Crippen LogP contribution in [0.4, 0.5) is 11.4 Å². The third-order valence-corrected chi connectivity index (χ3v) is 2.16. The van der Waals surface area contributed by atoms with Crippen molar-refractivity contribution >= 4 is 11.4 Å². The van der Waals surface area contributed by atoms with Crippen LogP contribution in [-0.4, -0.2) is 9.85 Å². The Morgan fingerprint density at radius 2 is 1.69 bits per heavy atom. The zero-order valence-corrected chi connectivity index (χ0v) is 8.25. The molecule has 0 radical (unpaired) electrons. The molecule has 0 heterocycles. The summed E-state index contributed by atoms with van der Waals surface area (Å²) in [5, 5.41) is 21.4. The van der Waals surface area contributed by atoms with E-state index in [1.54, 1.807) is 0 Å². The maximum Gasteiger partial charge on any atom is 0.350 e. The van der Waals surface area contributed by atoms with Gasteiger partial charge in [-0.05, 0) is 5.56 Å². The smallest absolute Gasteiger partial charge is 0.326 e. The summed E-state index contributed by atoms with van der Waals surface area (Å²) in [6.45, 7) is -0.115. The van der Waals surface area contributed by atoms with Crippen LogP contribution in [0.3, 0.4) is 0 Å². The topological polar surface area (TPSA) is 138 Å². The Morgan fingerprint density at radius 1 is 1.06 bits per heavy atom. The molecule has 0 aliphatic rings. The largest absolute Gasteiger partial charge is 0.350 e. The highest BCUT2D eigenvalue weighted by Crippen LogP contribution is 2.32. The summed E-state index contributed by atoms with van der Waals surface area (Å²) in [5.74, 6) is 0. The van der Waals surface area contributed by atoms with Crippen LogP contribution < -0.4 is 11.5 Å². The molecule has 8 nitrogen and oxygen atoms in total. The van der Waals surface area contributed by atoms with Gasteiger partial charge >= 0.3 is 11.4 Å². The van der Waals surface area contributed by atoms with Crippen molar-refractivity contribution in [3.05, 3.63) is 43.5 Å². The number of nitro groups is 2. The first-order valence-corrected chi connectivity index (χ1v) is 4.36. The van der Waals surface area contributed by atoms with Gasteiger partial charge in [-0.15, -0.1) is 0 Å². The number of hydrogen-bond acceptors (Lipinski definition) is 6. The van der Waals surface area contributed by atoms with Crippen molar-refractivity contribution in [2.24, 2.45) is 11.5 Å². The van der Waals surface area contributed by atoms with E-state index in [2.05, 4.69) is 0 Å². The fourth-order valence-electron chi connectivity index (χ4n) is 1.44. The van der Waals surface area contributed by atoms with Crippen LogP contribution in [0.5, 0.6) is 0 Å². The van der Waals surface area contributed by atoms with Crippen LogP contribution in [0.15, 0.2) is 12.1 Å². The zero-order chi connectivity index (χ0) is 12.3. The first-order valence-electron chi connectivity index (χ1n) is 4.36. The molecule has 1 aromatic carbocycles. The third-order valence-electron chi connectivity index (χ3n) is 2.16. The standard InChI is InChI=1S/C8H10N4O4/c9-3-5-1-2-7(11(13)14)8(12(15)16)6(5)4-10/h1-2H,3-4,9-10H2. The van der Waals surface area contributed by atoms with Crippen molar-refractivity contribution in [3.8, 4) is 0 Å². The van der Waals surface area contributed by atoms with Crippen LogP contribution >= 0.6 is 0 Å². The molecule has 8 heteroatoms. The zero-order valence-electron chi connectivity index (χ0n) is 8.25. The van der Waals surface area contributed by atoms with E-state index >= 15 is 0 Å². The lowest BCUT2D eigenvalue weighted by molar-refractivity contribution is -0.423. The molecule has 0 aliphatic heterocycles. The van der Waals surface area contributed by atoms with Gasteiger partial charge < -0.3 is 11.5 Å². The van der Waals surface area contributed by atoms with E-state index in [1.165, 1.54) is 6.07 Å². The second kappa shape index (κ2) is 4.64. The van der Waals surface area contributed by atoms with Crippen molar-refractivity contribution in [2.45, 2.75) is 13.1 Å². The lowest BCUT2D eigenvalue weighted by atomic mass is 10.0. The number of hydrogen-bond donors (Lipinski definition) is 2. The fourth-order valence-corrected chi connectivity index (χ4v) is 1.44. The maximum atomic E-state index is 10.8. The van der Waals surface area contributed by atoms with Gasteiger partial charge in [-0.25, -0.2) is 0 Å². The third kappa shape index (κ3) is 1.97. The van der Waals surface area contributed by atoms with Gasteiger partial charge in [0.2, 0.25) is 0 Å². The minimum absolute atomic E-state index is 0.0470. The molecular formula is C8H10N4O4. The molecule has 86 valence electrons. The molecule has 0 saturated carbocycles. The molecular weight excluding hydrogens is 216 g/mol. The highest BCUT2D eigenvalue weighted by Gasteiger charge is 2.29. The molecule has 4 N–H and O–H groups in total. The number of nitrogens with two attached hydrogens (primary N) is 2. The van der Waals surface area contributed by atoms with Crippen LogP contribution in [0.2, 0.25) is 0 Å². The Kier molecular flexibility index (Phi) is 3.48. The monoisotopic (exact) mass is 226 g/mol. The molecule has 0 unspecified atom stereocenters. The van der Waals surface area contributed by atoms with E-state index in [4.69, 9.17) is 11.5 Å². The second-order valence-electron chi connectivity index (χ2n) is 2.99. The molecule has 1 rings (SSSR count). The summed E-state index contributed by atoms with van der Waals surface area (Å²) in [7, 11) is 0. The molecule has 0 aromatic heterocycles. The quantitative estimate of drug-likeness (QED) is 0.563. The van der Waals surface area contributed by atoms with Crippen LogP contribution in [0.1, 0.15) is 11.1 Å². The highest BCUT2D eigenvalue weighted by atomic mass is 16.6. The van der Waals surface area contributed by atoms with E-state index in [0.29, 0.717) is 5.56 Å². The van der Waals surface area contributed by atoms with Crippen LogP contribution in [0, 0.1) is 20.2 Å². The van der Waals surface area contributed by atoms with Crippen LogP contribution in [-0.2, 0) is 13.1 Å². The Morgan fingerprint density at radius 3 is 2.06 bits per heavy atom. The van der Waals surface area contributed by atoms with Crippen molar-refractivity contribution in [2.75, 3.05) is 0 Å². The Bertz CT molecular complexity index is 446. The molecule has 0 fully saturated rings. The van der Waals surface area contributed by atoms with E-state index in [-0.39, 0.29) is 18.7 Å². The maximum absolute atomic E-state index is 10.8. The first kappa shape index (κ1) is 12.0. The second-order valence-corrected chi connectivity index (χ2v) is 2.99.